The maximum absolute atomic E-state index is 13.3. The van der Waals surface area contributed by atoms with E-state index in [1.54, 1.807) is 30.5 Å². The summed E-state index contributed by atoms with van der Waals surface area (Å²) in [5.41, 5.74) is 2.00. The van der Waals surface area contributed by atoms with Crippen LogP contribution in [0, 0.1) is 5.82 Å². The molecule has 0 amide bonds. The molecule has 1 heterocycles. The summed E-state index contributed by atoms with van der Waals surface area (Å²) in [5.74, 6) is -0.382. The Morgan fingerprint density at radius 3 is 2.48 bits per heavy atom. The highest BCUT2D eigenvalue weighted by atomic mass is 35.5. The zero-order valence-electron chi connectivity index (χ0n) is 11.0. The summed E-state index contributed by atoms with van der Waals surface area (Å²) >= 11 is 5.99. The molecule has 2 aromatic carbocycles. The first-order valence-electron chi connectivity index (χ1n) is 6.38. The van der Waals surface area contributed by atoms with E-state index in [0.717, 1.165) is 11.1 Å². The second kappa shape index (κ2) is 5.54. The lowest BCUT2D eigenvalue weighted by atomic mass is 10.1. The van der Waals surface area contributed by atoms with Gasteiger partial charge in [-0.15, -0.1) is 0 Å². The van der Waals surface area contributed by atoms with E-state index in [0.29, 0.717) is 10.7 Å². The number of hydrogen-bond acceptors (Lipinski definition) is 1. The first-order valence-corrected chi connectivity index (χ1v) is 6.76. The Labute approximate surface area is 126 Å². The largest absolute Gasteiger partial charge is 0.284 e. The molecule has 0 saturated carbocycles. The molecule has 0 fully saturated rings. The number of nitrogens with zero attached hydrogens (tertiary/aromatic N) is 1. The second-order valence-corrected chi connectivity index (χ2v) is 5.05. The molecule has 0 spiro atoms. The van der Waals surface area contributed by atoms with Crippen molar-refractivity contribution in [3.8, 4) is 16.8 Å². The van der Waals surface area contributed by atoms with Crippen molar-refractivity contribution in [1.82, 2.24) is 4.57 Å². The van der Waals surface area contributed by atoms with E-state index in [9.17, 15) is 9.18 Å². The molecule has 0 unspecified atom stereocenters. The molecular formula is C17H11ClFNO. The lowest BCUT2D eigenvalue weighted by Gasteiger charge is -2.09. The van der Waals surface area contributed by atoms with Gasteiger partial charge in [0.15, 0.2) is 0 Å². The fraction of sp³-hybridized carbons (Fsp3) is 0. The zero-order valence-corrected chi connectivity index (χ0v) is 11.7. The normalized spacial score (nSPS) is 10.6. The second-order valence-electron chi connectivity index (χ2n) is 4.62. The Balaban J connectivity index is 2.15. The van der Waals surface area contributed by atoms with Crippen LogP contribution in [0.3, 0.4) is 0 Å². The van der Waals surface area contributed by atoms with Crippen LogP contribution >= 0.6 is 11.6 Å². The summed E-state index contributed by atoms with van der Waals surface area (Å²) in [6, 6.07) is 16.5. The third kappa shape index (κ3) is 2.88. The molecule has 0 N–H and O–H groups in total. The third-order valence-corrected chi connectivity index (χ3v) is 3.39. The summed E-state index contributed by atoms with van der Waals surface area (Å²) < 4.78 is 14.7. The topological polar surface area (TPSA) is 22.0 Å². The van der Waals surface area contributed by atoms with Crippen molar-refractivity contribution in [3.63, 3.8) is 0 Å². The highest BCUT2D eigenvalue weighted by Crippen LogP contribution is 2.22. The van der Waals surface area contributed by atoms with E-state index in [4.69, 9.17) is 11.6 Å². The van der Waals surface area contributed by atoms with Crippen molar-refractivity contribution < 1.29 is 4.39 Å². The van der Waals surface area contributed by atoms with Crippen molar-refractivity contribution in [2.45, 2.75) is 0 Å². The van der Waals surface area contributed by atoms with Crippen LogP contribution in [0.25, 0.3) is 16.8 Å². The van der Waals surface area contributed by atoms with Gasteiger partial charge in [-0.3, -0.25) is 9.36 Å². The molecule has 4 heteroatoms. The van der Waals surface area contributed by atoms with E-state index in [1.165, 1.54) is 22.8 Å². The highest BCUT2D eigenvalue weighted by Gasteiger charge is 2.05. The van der Waals surface area contributed by atoms with Gasteiger partial charge in [-0.1, -0.05) is 29.8 Å². The predicted molar refractivity (Wildman–Crippen MR) is 82.4 cm³/mol. The standard InChI is InChI=1S/C17H11ClFNO/c18-14-4-1-3-12(9-14)13-7-8-17(21)20(11-13)16-6-2-5-15(19)10-16/h1-11H. The van der Waals surface area contributed by atoms with Gasteiger partial charge in [0.25, 0.3) is 5.56 Å². The number of halogens is 2. The number of rotatable bonds is 2. The van der Waals surface area contributed by atoms with Gasteiger partial charge in [0.1, 0.15) is 5.82 Å². The minimum Gasteiger partial charge on any atom is -0.284 e. The minimum atomic E-state index is -0.382. The molecule has 0 atom stereocenters. The van der Waals surface area contributed by atoms with Gasteiger partial charge in [-0.25, -0.2) is 4.39 Å². The Hall–Kier alpha value is -2.39. The molecule has 0 aliphatic carbocycles. The van der Waals surface area contributed by atoms with E-state index >= 15 is 0 Å². The van der Waals surface area contributed by atoms with Gasteiger partial charge >= 0.3 is 0 Å². The van der Waals surface area contributed by atoms with Crippen LogP contribution in [0.2, 0.25) is 5.02 Å². The monoisotopic (exact) mass is 299 g/mol. The summed E-state index contributed by atoms with van der Waals surface area (Å²) in [4.78, 5) is 12.0. The minimum absolute atomic E-state index is 0.216. The quantitative estimate of drug-likeness (QED) is 0.691. The van der Waals surface area contributed by atoms with Crippen LogP contribution in [-0.2, 0) is 0 Å². The molecule has 21 heavy (non-hydrogen) atoms. The van der Waals surface area contributed by atoms with Gasteiger partial charge in [0.05, 0.1) is 5.69 Å². The van der Waals surface area contributed by atoms with Crippen LogP contribution in [0.5, 0.6) is 0 Å². The SMILES string of the molecule is O=c1ccc(-c2cccc(Cl)c2)cn1-c1cccc(F)c1. The molecule has 0 aliphatic rings. The van der Waals surface area contributed by atoms with Gasteiger partial charge in [0.2, 0.25) is 0 Å². The van der Waals surface area contributed by atoms with E-state index in [-0.39, 0.29) is 11.4 Å². The maximum atomic E-state index is 13.3. The molecule has 0 radical (unpaired) electrons. The van der Waals surface area contributed by atoms with Gasteiger partial charge in [-0.05, 0) is 47.5 Å². The fourth-order valence-electron chi connectivity index (χ4n) is 2.15. The lowest BCUT2D eigenvalue weighted by molar-refractivity contribution is 0.626. The van der Waals surface area contributed by atoms with Crippen molar-refractivity contribution in [3.05, 3.63) is 88.1 Å². The lowest BCUT2D eigenvalue weighted by Crippen LogP contribution is -2.16. The Bertz CT molecular complexity index is 857. The molecule has 0 saturated heterocycles. The molecule has 3 rings (SSSR count). The summed E-state index contributed by atoms with van der Waals surface area (Å²) in [5, 5.41) is 0.621. The van der Waals surface area contributed by atoms with Crippen LogP contribution in [0.4, 0.5) is 4.39 Å². The van der Waals surface area contributed by atoms with Crippen molar-refractivity contribution in [2.75, 3.05) is 0 Å². The number of aromatic nitrogens is 1. The molecule has 2 nitrogen and oxygen atoms in total. The van der Waals surface area contributed by atoms with Crippen LogP contribution in [0.1, 0.15) is 0 Å². The van der Waals surface area contributed by atoms with E-state index < -0.39 is 0 Å². The van der Waals surface area contributed by atoms with Crippen molar-refractivity contribution >= 4 is 11.6 Å². The zero-order chi connectivity index (χ0) is 14.8. The fourth-order valence-corrected chi connectivity index (χ4v) is 2.34. The van der Waals surface area contributed by atoms with Gasteiger partial charge in [0, 0.05) is 17.3 Å². The van der Waals surface area contributed by atoms with E-state index in [1.807, 2.05) is 18.2 Å². The van der Waals surface area contributed by atoms with Gasteiger partial charge in [-0.2, -0.15) is 0 Å². The van der Waals surface area contributed by atoms with Gasteiger partial charge < -0.3 is 0 Å². The average Bonchev–Trinajstić information content (AvgIpc) is 2.47. The number of benzene rings is 2. The molecule has 104 valence electrons. The first kappa shape index (κ1) is 13.6. The molecule has 1 aromatic heterocycles. The molecule has 0 aliphatic heterocycles. The van der Waals surface area contributed by atoms with Crippen molar-refractivity contribution in [1.29, 1.82) is 0 Å². The van der Waals surface area contributed by atoms with Crippen LogP contribution in [-0.4, -0.2) is 4.57 Å². The summed E-state index contributed by atoms with van der Waals surface area (Å²) in [7, 11) is 0. The highest BCUT2D eigenvalue weighted by molar-refractivity contribution is 6.30. The Kier molecular flexibility index (Phi) is 3.59. The summed E-state index contributed by atoms with van der Waals surface area (Å²) in [6.07, 6.45) is 1.68. The first-order chi connectivity index (χ1) is 10.1. The number of pyridine rings is 1. The molecule has 0 bridgehead atoms. The number of hydrogen-bond donors (Lipinski definition) is 0. The molecule has 3 aromatic rings. The van der Waals surface area contributed by atoms with Crippen LogP contribution < -0.4 is 5.56 Å². The summed E-state index contributed by atoms with van der Waals surface area (Å²) in [6.45, 7) is 0. The average molecular weight is 300 g/mol. The smallest absolute Gasteiger partial charge is 0.255 e. The molecular weight excluding hydrogens is 289 g/mol. The maximum Gasteiger partial charge on any atom is 0.255 e. The van der Waals surface area contributed by atoms with Crippen LogP contribution in [0.15, 0.2) is 71.7 Å². The van der Waals surface area contributed by atoms with E-state index in [2.05, 4.69) is 0 Å². The third-order valence-electron chi connectivity index (χ3n) is 3.16. The Morgan fingerprint density at radius 1 is 0.905 bits per heavy atom. The van der Waals surface area contributed by atoms with Crippen molar-refractivity contribution in [2.24, 2.45) is 0 Å². The Morgan fingerprint density at radius 2 is 1.71 bits per heavy atom. The predicted octanol–water partition coefficient (Wildman–Crippen LogP) is 4.30.